The van der Waals surface area contributed by atoms with Crippen molar-refractivity contribution in [3.63, 3.8) is 0 Å². The summed E-state index contributed by atoms with van der Waals surface area (Å²) in [7, 11) is -3.85. The molecule has 1 amide bonds. The maximum atomic E-state index is 12.6. The lowest BCUT2D eigenvalue weighted by atomic mass is 10.1. The van der Waals surface area contributed by atoms with Gasteiger partial charge in [0, 0.05) is 12.2 Å². The Bertz CT molecular complexity index is 1050. The van der Waals surface area contributed by atoms with E-state index in [0.717, 1.165) is 28.8 Å². The zero-order valence-corrected chi connectivity index (χ0v) is 17.5. The number of benzene rings is 2. The fraction of sp³-hybridized carbons (Fsp3) is 0.333. The third-order valence-corrected chi connectivity index (χ3v) is 6.40. The topological polar surface area (TPSA) is 92.8 Å². The van der Waals surface area contributed by atoms with Crippen LogP contribution >= 0.6 is 0 Å². The number of amides is 1. The fourth-order valence-corrected chi connectivity index (χ4v) is 4.25. The Morgan fingerprint density at radius 2 is 1.86 bits per heavy atom. The van der Waals surface area contributed by atoms with E-state index >= 15 is 0 Å². The molecule has 3 rings (SSSR count). The molecule has 8 heteroatoms. The second-order valence-corrected chi connectivity index (χ2v) is 8.84. The van der Waals surface area contributed by atoms with Gasteiger partial charge in [0.1, 0.15) is 6.54 Å². The number of sulfonamides is 1. The Morgan fingerprint density at radius 3 is 2.59 bits per heavy atom. The van der Waals surface area contributed by atoms with E-state index in [4.69, 9.17) is 4.74 Å². The highest BCUT2D eigenvalue weighted by Gasteiger charge is 2.30. The molecular weight excluding hydrogens is 392 g/mol. The second-order valence-electron chi connectivity index (χ2n) is 7.07. The van der Waals surface area contributed by atoms with Gasteiger partial charge in [-0.2, -0.15) is 4.72 Å². The van der Waals surface area contributed by atoms with Crippen LogP contribution in [0.3, 0.4) is 0 Å². The summed E-state index contributed by atoms with van der Waals surface area (Å²) in [6.07, 6.45) is -0.266. The third kappa shape index (κ3) is 4.65. The number of carbonyl (C=O) groups is 2. The van der Waals surface area contributed by atoms with Crippen LogP contribution in [-0.2, 0) is 30.8 Å². The van der Waals surface area contributed by atoms with Gasteiger partial charge < -0.3 is 9.64 Å². The fourth-order valence-electron chi connectivity index (χ4n) is 3.19. The minimum Gasteiger partial charge on any atom is -0.452 e. The van der Waals surface area contributed by atoms with Crippen LogP contribution in [0, 0.1) is 13.8 Å². The molecule has 0 aromatic heterocycles. The lowest BCUT2D eigenvalue weighted by molar-refractivity contribution is -0.152. The lowest BCUT2D eigenvalue weighted by Crippen LogP contribution is -2.41. The first kappa shape index (κ1) is 21.0. The molecular formula is C21H24N2O5S. The quantitative estimate of drug-likeness (QED) is 0.728. The molecule has 0 bridgehead atoms. The van der Waals surface area contributed by atoms with Crippen molar-refractivity contribution < 1.29 is 22.7 Å². The molecule has 2 aromatic rings. The van der Waals surface area contributed by atoms with Gasteiger partial charge in [-0.05, 0) is 62.1 Å². The van der Waals surface area contributed by atoms with E-state index in [1.807, 2.05) is 38.1 Å². The van der Waals surface area contributed by atoms with Crippen LogP contribution in [0.25, 0.3) is 0 Å². The number of esters is 1. The largest absolute Gasteiger partial charge is 0.452 e. The number of fused-ring (bicyclic) bond motifs is 1. The Morgan fingerprint density at radius 1 is 1.14 bits per heavy atom. The number of carbonyl (C=O) groups excluding carboxylic acids is 2. The number of rotatable bonds is 6. The van der Waals surface area contributed by atoms with Crippen molar-refractivity contribution in [2.24, 2.45) is 0 Å². The summed E-state index contributed by atoms with van der Waals surface area (Å²) in [4.78, 5) is 26.4. The highest BCUT2D eigenvalue weighted by atomic mass is 32.2. The summed E-state index contributed by atoms with van der Waals surface area (Å²) in [5, 5.41) is 0. The number of hydrogen-bond donors (Lipinski definition) is 1. The smallest absolute Gasteiger partial charge is 0.321 e. The lowest BCUT2D eigenvalue weighted by Gasteiger charge is -2.21. The van der Waals surface area contributed by atoms with Gasteiger partial charge in [0.05, 0.1) is 4.90 Å². The number of para-hydroxylation sites is 1. The summed E-state index contributed by atoms with van der Waals surface area (Å²) in [6.45, 7) is 5.15. The molecule has 29 heavy (non-hydrogen) atoms. The highest BCUT2D eigenvalue weighted by Crippen LogP contribution is 2.28. The average molecular weight is 416 g/mol. The highest BCUT2D eigenvalue weighted by molar-refractivity contribution is 7.89. The summed E-state index contributed by atoms with van der Waals surface area (Å²) >= 11 is 0. The van der Waals surface area contributed by atoms with Crippen molar-refractivity contribution >= 4 is 27.6 Å². The zero-order chi connectivity index (χ0) is 21.2. The number of nitrogens with zero attached hydrogens (tertiary/aromatic N) is 1. The van der Waals surface area contributed by atoms with E-state index in [2.05, 4.69) is 4.72 Å². The SMILES string of the molecule is Cc1ccc(S(=O)(=O)NCC(=O)O[C@@H](C)C(=O)N2CCc3ccccc32)cc1C. The van der Waals surface area contributed by atoms with Gasteiger partial charge in [-0.1, -0.05) is 24.3 Å². The van der Waals surface area contributed by atoms with Crippen LogP contribution in [0.1, 0.15) is 23.6 Å². The maximum Gasteiger partial charge on any atom is 0.321 e. The van der Waals surface area contributed by atoms with Crippen LogP contribution in [0.5, 0.6) is 0 Å². The van der Waals surface area contributed by atoms with Crippen molar-refractivity contribution in [2.45, 2.75) is 38.2 Å². The summed E-state index contributed by atoms with van der Waals surface area (Å²) in [6, 6.07) is 12.3. The van der Waals surface area contributed by atoms with Crippen LogP contribution in [0.15, 0.2) is 47.4 Å². The van der Waals surface area contributed by atoms with Gasteiger partial charge in [0.2, 0.25) is 10.0 Å². The summed E-state index contributed by atoms with van der Waals surface area (Å²) in [5.41, 5.74) is 3.69. The Hall–Kier alpha value is -2.71. The third-order valence-electron chi connectivity index (χ3n) is 5.00. The molecule has 0 radical (unpaired) electrons. The van der Waals surface area contributed by atoms with Gasteiger partial charge in [0.15, 0.2) is 6.10 Å². The molecule has 0 aliphatic carbocycles. The first-order chi connectivity index (χ1) is 13.7. The Kier molecular flexibility index (Phi) is 6.04. The minimum atomic E-state index is -3.85. The molecule has 2 aromatic carbocycles. The van der Waals surface area contributed by atoms with E-state index in [0.29, 0.717) is 6.54 Å². The average Bonchev–Trinajstić information content (AvgIpc) is 3.12. The van der Waals surface area contributed by atoms with Crippen molar-refractivity contribution in [1.82, 2.24) is 4.72 Å². The molecule has 0 unspecified atom stereocenters. The van der Waals surface area contributed by atoms with Gasteiger partial charge in [-0.25, -0.2) is 8.42 Å². The van der Waals surface area contributed by atoms with E-state index in [1.165, 1.54) is 13.0 Å². The van der Waals surface area contributed by atoms with Crippen molar-refractivity contribution in [1.29, 1.82) is 0 Å². The number of nitrogens with one attached hydrogen (secondary N) is 1. The predicted octanol–water partition coefficient (Wildman–Crippen LogP) is 2.10. The number of aryl methyl sites for hydroxylation is 2. The van der Waals surface area contributed by atoms with Gasteiger partial charge >= 0.3 is 5.97 Å². The van der Waals surface area contributed by atoms with E-state index < -0.39 is 28.6 Å². The second kappa shape index (κ2) is 8.34. The Balaban J connectivity index is 1.57. The van der Waals surface area contributed by atoms with Crippen molar-refractivity contribution in [3.05, 3.63) is 59.2 Å². The van der Waals surface area contributed by atoms with Crippen molar-refractivity contribution in [2.75, 3.05) is 18.0 Å². The first-order valence-corrected chi connectivity index (χ1v) is 10.8. The summed E-state index contributed by atoms with van der Waals surface area (Å²) in [5.74, 6) is -1.15. The van der Waals surface area contributed by atoms with E-state index in [9.17, 15) is 18.0 Å². The first-order valence-electron chi connectivity index (χ1n) is 9.35. The van der Waals surface area contributed by atoms with Crippen LogP contribution in [0.4, 0.5) is 5.69 Å². The van der Waals surface area contributed by atoms with Crippen LogP contribution in [-0.4, -0.2) is 39.5 Å². The maximum absolute atomic E-state index is 12.6. The molecule has 0 saturated carbocycles. The van der Waals surface area contributed by atoms with Gasteiger partial charge in [0.25, 0.3) is 5.91 Å². The molecule has 1 N–H and O–H groups in total. The molecule has 0 fully saturated rings. The van der Waals surface area contributed by atoms with Gasteiger partial charge in [-0.3, -0.25) is 9.59 Å². The van der Waals surface area contributed by atoms with E-state index in [1.54, 1.807) is 17.0 Å². The monoisotopic (exact) mass is 416 g/mol. The Labute approximate surface area is 170 Å². The molecule has 0 spiro atoms. The number of hydrogen-bond acceptors (Lipinski definition) is 5. The molecule has 0 saturated heterocycles. The van der Waals surface area contributed by atoms with Crippen LogP contribution < -0.4 is 9.62 Å². The molecule has 1 atom stereocenters. The van der Waals surface area contributed by atoms with Gasteiger partial charge in [-0.15, -0.1) is 0 Å². The van der Waals surface area contributed by atoms with Crippen molar-refractivity contribution in [3.8, 4) is 0 Å². The van der Waals surface area contributed by atoms with Crippen LogP contribution in [0.2, 0.25) is 0 Å². The molecule has 7 nitrogen and oxygen atoms in total. The number of anilines is 1. The zero-order valence-electron chi connectivity index (χ0n) is 16.6. The van der Waals surface area contributed by atoms with E-state index in [-0.39, 0.29) is 10.8 Å². The molecule has 1 aliphatic rings. The molecule has 1 heterocycles. The standard InChI is InChI=1S/C21H24N2O5S/c1-14-8-9-18(12-15(14)2)29(26,27)22-13-20(24)28-16(3)21(25)23-11-10-17-6-4-5-7-19(17)23/h4-9,12,16,22H,10-11,13H2,1-3H3/t16-/m0/s1. The minimum absolute atomic E-state index is 0.0752. The summed E-state index contributed by atoms with van der Waals surface area (Å²) < 4.78 is 32.1. The normalized spacial score (nSPS) is 14.4. The number of ether oxygens (including phenoxy) is 1. The predicted molar refractivity (Wildman–Crippen MR) is 109 cm³/mol. The molecule has 154 valence electrons. The molecule has 1 aliphatic heterocycles.